The number of esters is 4. The smallest absolute Gasteiger partial charge is 0.303 e. The Labute approximate surface area is 347 Å². The molecule has 1 fully saturated rings. The van der Waals surface area contributed by atoms with Gasteiger partial charge in [0.2, 0.25) is 5.91 Å². The highest BCUT2D eigenvalue weighted by Gasteiger charge is 2.52. The first-order chi connectivity index (χ1) is 29.0. The summed E-state index contributed by atoms with van der Waals surface area (Å²) in [6, 6.07) is 19.5. The Kier molecular flexibility index (Phi) is 15.5. The molecule has 5 atom stereocenters. The lowest BCUT2D eigenvalue weighted by molar-refractivity contribution is -0.309. The van der Waals surface area contributed by atoms with Gasteiger partial charge in [0.25, 0.3) is 0 Å². The minimum atomic E-state index is -1.32. The number of ether oxygens (including phenoxy) is 8. The molecule has 1 saturated heterocycles. The molecule has 6 rings (SSSR count). The van der Waals surface area contributed by atoms with Crippen LogP contribution in [0.15, 0.2) is 66.5 Å². The molecule has 0 aromatic heterocycles. The van der Waals surface area contributed by atoms with E-state index in [2.05, 4.69) is 70.8 Å². The molecule has 3 N–H and O–H groups in total. The normalized spacial score (nSPS) is 20.3. The predicted octanol–water partition coefficient (Wildman–Crippen LogP) is 3.32. The van der Waals surface area contributed by atoms with Crippen LogP contribution in [0.3, 0.4) is 0 Å². The van der Waals surface area contributed by atoms with Crippen LogP contribution in [0, 0.1) is 0 Å². The first-order valence-electron chi connectivity index (χ1n) is 20.0. The average Bonchev–Trinajstić information content (AvgIpc) is 3.67. The SMILES string of the molecule is CC(=O)OC[C@H]1O[C@@H](OCCOCCOCCN2NC=C(CNC(=O)CCCc3ccc4ccc5cccc6ccc3c4c56)N2)[C@@H](OC(C)=O)[C@@H](OC(C)=O)[C@@H]1OC(C)=O. The van der Waals surface area contributed by atoms with Crippen LogP contribution >= 0.6 is 0 Å². The summed E-state index contributed by atoms with van der Waals surface area (Å²) < 4.78 is 44.3. The zero-order valence-electron chi connectivity index (χ0n) is 34.2. The summed E-state index contributed by atoms with van der Waals surface area (Å²) in [7, 11) is 0. The van der Waals surface area contributed by atoms with Crippen LogP contribution in [0.2, 0.25) is 0 Å². The monoisotopic (exact) mass is 832 g/mol. The average molecular weight is 833 g/mol. The van der Waals surface area contributed by atoms with Crippen molar-refractivity contribution in [3.63, 3.8) is 0 Å². The molecule has 0 spiro atoms. The Morgan fingerprint density at radius 2 is 1.35 bits per heavy atom. The number of nitrogens with zero attached hydrogens (tertiary/aromatic N) is 1. The van der Waals surface area contributed by atoms with Crippen molar-refractivity contribution in [2.24, 2.45) is 0 Å². The quantitative estimate of drug-likeness (QED) is 0.0478. The number of hydrogen-bond donors (Lipinski definition) is 3. The fourth-order valence-corrected chi connectivity index (χ4v) is 7.36. The molecule has 2 heterocycles. The van der Waals surface area contributed by atoms with Crippen LogP contribution in [0.4, 0.5) is 0 Å². The van der Waals surface area contributed by atoms with Crippen LogP contribution in [0.1, 0.15) is 46.1 Å². The first kappa shape index (κ1) is 44.0. The number of nitrogens with one attached hydrogen (secondary N) is 3. The van der Waals surface area contributed by atoms with Crippen molar-refractivity contribution in [2.45, 2.75) is 77.7 Å². The maximum Gasteiger partial charge on any atom is 0.303 e. The Balaban J connectivity index is 0.846. The van der Waals surface area contributed by atoms with Gasteiger partial charge in [0.05, 0.1) is 51.8 Å². The summed E-state index contributed by atoms with van der Waals surface area (Å²) in [4.78, 5) is 60.1. The van der Waals surface area contributed by atoms with Gasteiger partial charge in [-0.1, -0.05) is 54.6 Å². The molecule has 0 saturated carbocycles. The van der Waals surface area contributed by atoms with E-state index in [0.29, 0.717) is 26.1 Å². The number of rotatable bonds is 21. The second kappa shape index (κ2) is 21.1. The summed E-state index contributed by atoms with van der Waals surface area (Å²) in [5.74, 6) is -2.81. The van der Waals surface area contributed by atoms with Crippen molar-refractivity contribution in [3.8, 4) is 0 Å². The van der Waals surface area contributed by atoms with Crippen LogP contribution in [-0.4, -0.2) is 118 Å². The van der Waals surface area contributed by atoms with Crippen molar-refractivity contribution in [2.75, 3.05) is 52.7 Å². The molecular formula is C43H52N4O13. The predicted molar refractivity (Wildman–Crippen MR) is 217 cm³/mol. The Bertz CT molecular complexity index is 2150. The lowest BCUT2D eigenvalue weighted by Gasteiger charge is -2.44. The molecule has 17 nitrogen and oxygen atoms in total. The minimum Gasteiger partial charge on any atom is -0.463 e. The third-order valence-corrected chi connectivity index (χ3v) is 9.91. The standard InChI is InChI=1S/C43H52N4O13/c1-26(48)56-25-36-40(57-27(2)49)41(58-28(3)50)42(59-29(4)51)43(60-36)55-22-21-54-20-19-53-18-17-47-45-24-34(46-47)23-44-37(52)10-6-7-30-11-12-33-14-13-31-8-5-9-32-15-16-35(30)39(33)38(31)32/h5,8-9,11-16,24,36,40-43,45-46H,6-7,10,17-23,25H2,1-4H3,(H,44,52)/t36-,40-,41+,42+,43-/m1/s1. The van der Waals surface area contributed by atoms with E-state index in [4.69, 9.17) is 37.9 Å². The van der Waals surface area contributed by atoms with Crippen LogP contribution in [-0.2, 0) is 68.3 Å². The number of aryl methyl sites for hydroxylation is 1. The third kappa shape index (κ3) is 11.8. The van der Waals surface area contributed by atoms with Gasteiger partial charge in [-0.25, -0.2) is 0 Å². The van der Waals surface area contributed by atoms with E-state index in [-0.39, 0.29) is 38.9 Å². The van der Waals surface area contributed by atoms with Gasteiger partial charge in [-0.15, -0.1) is 5.12 Å². The van der Waals surface area contributed by atoms with Crippen LogP contribution < -0.4 is 16.2 Å². The Morgan fingerprint density at radius 3 is 2.07 bits per heavy atom. The first-order valence-corrected chi connectivity index (χ1v) is 20.0. The van der Waals surface area contributed by atoms with E-state index >= 15 is 0 Å². The Morgan fingerprint density at radius 1 is 0.717 bits per heavy atom. The Hall–Kier alpha value is -5.59. The van der Waals surface area contributed by atoms with Crippen LogP contribution in [0.5, 0.6) is 0 Å². The zero-order valence-corrected chi connectivity index (χ0v) is 34.2. The van der Waals surface area contributed by atoms with E-state index in [9.17, 15) is 24.0 Å². The number of amides is 1. The lowest BCUT2D eigenvalue weighted by Crippen LogP contribution is -2.63. The lowest BCUT2D eigenvalue weighted by atomic mass is 9.90. The van der Waals surface area contributed by atoms with E-state index in [1.165, 1.54) is 44.8 Å². The van der Waals surface area contributed by atoms with E-state index < -0.39 is 54.6 Å². The number of carbonyl (C=O) groups excluding carboxylic acids is 5. The topological polar surface area (TPSA) is 199 Å². The molecule has 0 aliphatic carbocycles. The van der Waals surface area contributed by atoms with E-state index in [1.807, 2.05) is 0 Å². The summed E-state index contributed by atoms with van der Waals surface area (Å²) >= 11 is 0. The molecule has 322 valence electrons. The maximum atomic E-state index is 12.7. The summed E-state index contributed by atoms with van der Waals surface area (Å²) in [6.07, 6.45) is -2.52. The fourth-order valence-electron chi connectivity index (χ4n) is 7.36. The number of hydrogen-bond acceptors (Lipinski definition) is 16. The molecule has 0 radical (unpaired) electrons. The largest absolute Gasteiger partial charge is 0.463 e. The molecule has 2 aliphatic rings. The van der Waals surface area contributed by atoms with Gasteiger partial charge in [0.1, 0.15) is 12.7 Å². The van der Waals surface area contributed by atoms with Crippen LogP contribution in [0.25, 0.3) is 32.3 Å². The van der Waals surface area contributed by atoms with Gasteiger partial charge < -0.3 is 54.1 Å². The minimum absolute atomic E-state index is 0.0133. The summed E-state index contributed by atoms with van der Waals surface area (Å²) in [6.45, 7) is 6.12. The van der Waals surface area contributed by atoms with E-state index in [1.54, 1.807) is 11.3 Å². The molecule has 4 aromatic carbocycles. The molecule has 0 unspecified atom stereocenters. The van der Waals surface area contributed by atoms with Crippen molar-refractivity contribution >= 4 is 62.1 Å². The van der Waals surface area contributed by atoms with Gasteiger partial charge in [0.15, 0.2) is 24.6 Å². The second-order valence-corrected chi connectivity index (χ2v) is 14.4. The van der Waals surface area contributed by atoms with Crippen molar-refractivity contribution < 1.29 is 61.9 Å². The molecule has 2 aliphatic heterocycles. The highest BCUT2D eigenvalue weighted by molar-refractivity contribution is 6.23. The molecule has 0 bridgehead atoms. The third-order valence-electron chi connectivity index (χ3n) is 9.91. The fraction of sp³-hybridized carbons (Fsp3) is 0.465. The molecule has 4 aromatic rings. The van der Waals surface area contributed by atoms with Gasteiger partial charge in [0, 0.05) is 40.3 Å². The summed E-state index contributed by atoms with van der Waals surface area (Å²) in [5.41, 5.74) is 8.37. The molecule has 1 amide bonds. The van der Waals surface area contributed by atoms with Gasteiger partial charge >= 0.3 is 23.9 Å². The highest BCUT2D eigenvalue weighted by atomic mass is 16.7. The van der Waals surface area contributed by atoms with E-state index in [0.717, 1.165) is 39.3 Å². The second-order valence-electron chi connectivity index (χ2n) is 14.4. The molecule has 60 heavy (non-hydrogen) atoms. The van der Waals surface area contributed by atoms with Crippen molar-refractivity contribution in [3.05, 3.63) is 72.1 Å². The number of benzene rings is 4. The highest BCUT2D eigenvalue weighted by Crippen LogP contribution is 2.36. The van der Waals surface area contributed by atoms with Gasteiger partial charge in [-0.05, 0) is 50.7 Å². The number of carbonyl (C=O) groups is 5. The summed E-state index contributed by atoms with van der Waals surface area (Å²) in [5, 5.41) is 12.3. The zero-order chi connectivity index (χ0) is 42.6. The van der Waals surface area contributed by atoms with Gasteiger partial charge in [-0.3, -0.25) is 24.0 Å². The van der Waals surface area contributed by atoms with Gasteiger partial charge in [-0.2, -0.15) is 0 Å². The molecular weight excluding hydrogens is 780 g/mol. The molecule has 17 heteroatoms. The maximum absolute atomic E-state index is 12.7. The van der Waals surface area contributed by atoms with Crippen molar-refractivity contribution in [1.82, 2.24) is 21.3 Å². The number of hydrazine groups is 2. The van der Waals surface area contributed by atoms with Crippen molar-refractivity contribution in [1.29, 1.82) is 0 Å².